The summed E-state index contributed by atoms with van der Waals surface area (Å²) in [6, 6.07) is -0.130. The van der Waals surface area contributed by atoms with Crippen molar-refractivity contribution >= 4 is 11.7 Å². The lowest BCUT2D eigenvalue weighted by molar-refractivity contribution is -0.385. The first-order valence-corrected chi connectivity index (χ1v) is 5.84. The van der Waals surface area contributed by atoms with Gasteiger partial charge in [-0.2, -0.15) is 10.2 Å². The van der Waals surface area contributed by atoms with E-state index in [4.69, 9.17) is 5.11 Å². The lowest BCUT2D eigenvalue weighted by Gasteiger charge is -2.09. The number of aromatic carboxylic acids is 1. The topological polar surface area (TPSA) is 116 Å². The number of carboxylic acids is 1. The van der Waals surface area contributed by atoms with Crippen molar-refractivity contribution in [1.29, 1.82) is 0 Å². The smallest absolute Gasteiger partial charge is 0.338 e. The third-order valence-corrected chi connectivity index (χ3v) is 2.75. The molecule has 0 bridgehead atoms. The number of nitrogens with zero attached hydrogens (tertiary/aromatic N) is 5. The Morgan fingerprint density at radius 3 is 2.60 bits per heavy atom. The quantitative estimate of drug-likeness (QED) is 0.670. The van der Waals surface area contributed by atoms with Crippen molar-refractivity contribution in [1.82, 2.24) is 19.6 Å². The van der Waals surface area contributed by atoms with Crippen LogP contribution in [-0.4, -0.2) is 35.6 Å². The van der Waals surface area contributed by atoms with Gasteiger partial charge in [0, 0.05) is 12.2 Å². The Morgan fingerprint density at radius 1 is 1.50 bits per heavy atom. The van der Waals surface area contributed by atoms with Crippen molar-refractivity contribution < 1.29 is 14.8 Å². The van der Waals surface area contributed by atoms with Gasteiger partial charge in [0.2, 0.25) is 5.82 Å². The van der Waals surface area contributed by atoms with Crippen LogP contribution in [-0.2, 0) is 0 Å². The average molecular weight is 279 g/mol. The maximum absolute atomic E-state index is 11.2. The Hall–Kier alpha value is -2.71. The maximum Gasteiger partial charge on any atom is 0.338 e. The largest absolute Gasteiger partial charge is 0.478 e. The van der Waals surface area contributed by atoms with Crippen LogP contribution >= 0.6 is 0 Å². The van der Waals surface area contributed by atoms with Crippen molar-refractivity contribution in [2.24, 2.45) is 0 Å². The standard InChI is InChI=1S/C11H13N5O4/c1-6(2)15-10(9(16(19)20)7(3)13-15)14-5-8(4-12-14)11(17)18/h4-6H,1-3H3,(H,17,18). The van der Waals surface area contributed by atoms with E-state index in [0.29, 0.717) is 0 Å². The molecular weight excluding hydrogens is 266 g/mol. The zero-order valence-corrected chi connectivity index (χ0v) is 11.1. The summed E-state index contributed by atoms with van der Waals surface area (Å²) >= 11 is 0. The average Bonchev–Trinajstić information content (AvgIpc) is 2.91. The molecule has 0 aliphatic rings. The van der Waals surface area contributed by atoms with E-state index in [1.165, 1.54) is 22.5 Å². The van der Waals surface area contributed by atoms with Gasteiger partial charge >= 0.3 is 11.7 Å². The van der Waals surface area contributed by atoms with Gasteiger partial charge in [0.15, 0.2) is 0 Å². The minimum Gasteiger partial charge on any atom is -0.478 e. The molecule has 2 aromatic rings. The Labute approximate surface area is 113 Å². The van der Waals surface area contributed by atoms with E-state index in [0.717, 1.165) is 6.20 Å². The Bertz CT molecular complexity index is 685. The van der Waals surface area contributed by atoms with Crippen LogP contribution in [0.25, 0.3) is 5.82 Å². The molecular formula is C11H13N5O4. The molecule has 0 fully saturated rings. The molecule has 0 aliphatic heterocycles. The molecule has 2 aromatic heterocycles. The monoisotopic (exact) mass is 279 g/mol. The van der Waals surface area contributed by atoms with E-state index >= 15 is 0 Å². The molecule has 9 nitrogen and oxygen atoms in total. The molecule has 0 amide bonds. The van der Waals surface area contributed by atoms with E-state index in [9.17, 15) is 14.9 Å². The number of rotatable bonds is 4. The molecule has 0 aliphatic carbocycles. The number of aromatic nitrogens is 4. The summed E-state index contributed by atoms with van der Waals surface area (Å²) in [4.78, 5) is 21.5. The molecule has 2 heterocycles. The molecule has 2 rings (SSSR count). The minimum absolute atomic E-state index is 0.0477. The van der Waals surface area contributed by atoms with Gasteiger partial charge in [0.25, 0.3) is 0 Å². The summed E-state index contributed by atoms with van der Waals surface area (Å²) in [5, 5.41) is 28.1. The highest BCUT2D eigenvalue weighted by Gasteiger charge is 2.28. The summed E-state index contributed by atoms with van der Waals surface area (Å²) in [7, 11) is 0. The lowest BCUT2D eigenvalue weighted by Crippen LogP contribution is -2.11. The van der Waals surface area contributed by atoms with Gasteiger partial charge in [0.1, 0.15) is 5.69 Å². The van der Waals surface area contributed by atoms with Gasteiger partial charge < -0.3 is 5.11 Å². The second-order valence-corrected chi connectivity index (χ2v) is 4.53. The van der Waals surface area contributed by atoms with Gasteiger partial charge in [-0.1, -0.05) is 0 Å². The maximum atomic E-state index is 11.2. The van der Waals surface area contributed by atoms with Crippen LogP contribution in [0.3, 0.4) is 0 Å². The Kier molecular flexibility index (Phi) is 3.26. The summed E-state index contributed by atoms with van der Waals surface area (Å²) in [5.74, 6) is -0.999. The highest BCUT2D eigenvalue weighted by Crippen LogP contribution is 2.28. The fourth-order valence-electron chi connectivity index (χ4n) is 1.86. The summed E-state index contributed by atoms with van der Waals surface area (Å²) in [6.07, 6.45) is 2.36. The molecule has 0 atom stereocenters. The molecule has 106 valence electrons. The van der Waals surface area contributed by atoms with Crippen LogP contribution in [0, 0.1) is 17.0 Å². The Balaban J connectivity index is 2.69. The third-order valence-electron chi connectivity index (χ3n) is 2.75. The van der Waals surface area contributed by atoms with Gasteiger partial charge in [-0.3, -0.25) is 10.1 Å². The molecule has 9 heteroatoms. The number of carbonyl (C=O) groups is 1. The van der Waals surface area contributed by atoms with Crippen LogP contribution < -0.4 is 0 Å². The molecule has 0 saturated heterocycles. The fraction of sp³-hybridized carbons (Fsp3) is 0.364. The van der Waals surface area contributed by atoms with E-state index < -0.39 is 10.9 Å². The van der Waals surface area contributed by atoms with Crippen molar-refractivity contribution in [2.75, 3.05) is 0 Å². The van der Waals surface area contributed by atoms with Gasteiger partial charge in [-0.05, 0) is 20.8 Å². The molecule has 20 heavy (non-hydrogen) atoms. The number of carboxylic acid groups (broad SMARTS) is 1. The third kappa shape index (κ3) is 2.13. The van der Waals surface area contributed by atoms with Gasteiger partial charge in [-0.15, -0.1) is 0 Å². The van der Waals surface area contributed by atoms with Gasteiger partial charge in [-0.25, -0.2) is 14.2 Å². The predicted octanol–water partition coefficient (Wildman–Crippen LogP) is 1.56. The van der Waals surface area contributed by atoms with Crippen molar-refractivity contribution in [3.05, 3.63) is 33.8 Å². The first-order chi connectivity index (χ1) is 9.32. The molecule has 0 spiro atoms. The molecule has 0 saturated carbocycles. The van der Waals surface area contributed by atoms with E-state index in [-0.39, 0.29) is 28.8 Å². The van der Waals surface area contributed by atoms with Crippen LogP contribution in [0.5, 0.6) is 0 Å². The fourth-order valence-corrected chi connectivity index (χ4v) is 1.86. The van der Waals surface area contributed by atoms with Crippen LogP contribution in [0.15, 0.2) is 12.4 Å². The lowest BCUT2D eigenvalue weighted by atomic mass is 10.3. The molecule has 0 radical (unpaired) electrons. The number of aryl methyl sites for hydroxylation is 1. The minimum atomic E-state index is -1.15. The second kappa shape index (κ2) is 4.76. The summed E-state index contributed by atoms with van der Waals surface area (Å²) < 4.78 is 2.62. The first kappa shape index (κ1) is 13.7. The molecule has 0 unspecified atom stereocenters. The molecule has 1 N–H and O–H groups in total. The number of hydrogen-bond acceptors (Lipinski definition) is 5. The van der Waals surface area contributed by atoms with Crippen LogP contribution in [0.1, 0.15) is 35.9 Å². The number of nitro groups is 1. The van der Waals surface area contributed by atoms with E-state index in [1.807, 2.05) is 13.8 Å². The molecule has 0 aromatic carbocycles. The predicted molar refractivity (Wildman–Crippen MR) is 68.1 cm³/mol. The van der Waals surface area contributed by atoms with Crippen molar-refractivity contribution in [3.8, 4) is 5.82 Å². The van der Waals surface area contributed by atoms with Gasteiger partial charge in [0.05, 0.1) is 16.7 Å². The van der Waals surface area contributed by atoms with Crippen LogP contribution in [0.4, 0.5) is 5.69 Å². The highest BCUT2D eigenvalue weighted by atomic mass is 16.6. The summed E-state index contributed by atoms with van der Waals surface area (Å²) in [6.45, 7) is 5.17. The Morgan fingerprint density at radius 2 is 2.15 bits per heavy atom. The normalized spacial score (nSPS) is 11.0. The highest BCUT2D eigenvalue weighted by molar-refractivity contribution is 5.87. The SMILES string of the molecule is Cc1nn(C(C)C)c(-n2cc(C(=O)O)cn2)c1[N+](=O)[O-]. The zero-order chi connectivity index (χ0) is 15.0. The van der Waals surface area contributed by atoms with Crippen molar-refractivity contribution in [3.63, 3.8) is 0 Å². The van der Waals surface area contributed by atoms with Crippen molar-refractivity contribution in [2.45, 2.75) is 26.8 Å². The van der Waals surface area contributed by atoms with Crippen LogP contribution in [0.2, 0.25) is 0 Å². The van der Waals surface area contributed by atoms with E-state index in [1.54, 1.807) is 0 Å². The number of hydrogen-bond donors (Lipinski definition) is 1. The van der Waals surface area contributed by atoms with E-state index in [2.05, 4.69) is 10.2 Å². The second-order valence-electron chi connectivity index (χ2n) is 4.53. The zero-order valence-electron chi connectivity index (χ0n) is 11.1. The first-order valence-electron chi connectivity index (χ1n) is 5.84. The summed E-state index contributed by atoms with van der Waals surface area (Å²) in [5.41, 5.74) is 0.0262.